The van der Waals surface area contributed by atoms with E-state index in [1.165, 1.54) is 42.4 Å². The molecule has 278 valence electrons. The Labute approximate surface area is 347 Å². The third-order valence-corrected chi connectivity index (χ3v) is 13.3. The molecule has 1 spiro atoms. The highest BCUT2D eigenvalue weighted by atomic mass is 32.1. The van der Waals surface area contributed by atoms with Gasteiger partial charge in [0.05, 0.1) is 32.9 Å². The number of ether oxygens (including phenoxy) is 1. The van der Waals surface area contributed by atoms with E-state index >= 15 is 0 Å². The molecule has 1 aliphatic heterocycles. The molecule has 0 saturated heterocycles. The minimum Gasteiger partial charge on any atom is -0.457 e. The topological polar surface area (TPSA) is 15.7 Å². The van der Waals surface area contributed by atoms with Crippen molar-refractivity contribution in [1.29, 1.82) is 0 Å². The summed E-state index contributed by atoms with van der Waals surface area (Å²) in [5.74, 6) is 1.75. The zero-order valence-electron chi connectivity index (χ0n) is 32.0. The monoisotopic (exact) mass is 772 g/mol. The Hall–Kier alpha value is -7.40. The van der Waals surface area contributed by atoms with Crippen molar-refractivity contribution in [2.75, 3.05) is 9.80 Å². The first-order chi connectivity index (χ1) is 29.3. The summed E-state index contributed by atoms with van der Waals surface area (Å²) in [6.45, 7) is 0. The van der Waals surface area contributed by atoms with Crippen LogP contribution in [0.2, 0.25) is 0 Å². The van der Waals surface area contributed by atoms with E-state index in [-0.39, 0.29) is 0 Å². The quantitative estimate of drug-likeness (QED) is 0.167. The second-order valence-corrected chi connectivity index (χ2v) is 16.2. The molecule has 0 amide bonds. The van der Waals surface area contributed by atoms with E-state index in [4.69, 9.17) is 4.74 Å². The van der Waals surface area contributed by atoms with Gasteiger partial charge >= 0.3 is 0 Å². The molecule has 4 heteroatoms. The summed E-state index contributed by atoms with van der Waals surface area (Å²) in [6, 6.07) is 79.1. The van der Waals surface area contributed by atoms with Gasteiger partial charge in [0, 0.05) is 43.5 Å². The van der Waals surface area contributed by atoms with E-state index in [1.807, 2.05) is 11.3 Å². The molecule has 0 N–H and O–H groups in total. The molecule has 0 saturated carbocycles. The predicted octanol–water partition coefficient (Wildman–Crippen LogP) is 15.5. The van der Waals surface area contributed by atoms with Gasteiger partial charge in [-0.05, 0) is 83.4 Å². The van der Waals surface area contributed by atoms with Crippen LogP contribution >= 0.6 is 11.3 Å². The van der Waals surface area contributed by atoms with Crippen LogP contribution in [-0.2, 0) is 5.41 Å². The lowest BCUT2D eigenvalue weighted by Gasteiger charge is -2.42. The summed E-state index contributed by atoms with van der Waals surface area (Å²) in [5, 5.41) is 2.52. The van der Waals surface area contributed by atoms with Crippen LogP contribution in [0.25, 0.3) is 31.3 Å². The molecule has 3 nitrogen and oxygen atoms in total. The molecule has 1 aromatic heterocycles. The summed E-state index contributed by atoms with van der Waals surface area (Å²) in [7, 11) is 0. The van der Waals surface area contributed by atoms with Crippen molar-refractivity contribution in [2.45, 2.75) is 5.41 Å². The Morgan fingerprint density at radius 1 is 0.356 bits per heavy atom. The Morgan fingerprint density at radius 2 is 0.847 bits per heavy atom. The Balaban J connectivity index is 1.23. The fourth-order valence-electron chi connectivity index (χ4n) is 9.80. The molecule has 0 bridgehead atoms. The maximum Gasteiger partial charge on any atom is 0.132 e. The fraction of sp³-hybridized carbons (Fsp3) is 0.0182. The zero-order chi connectivity index (χ0) is 38.9. The van der Waals surface area contributed by atoms with Gasteiger partial charge in [-0.1, -0.05) is 152 Å². The molecule has 9 aromatic carbocycles. The Morgan fingerprint density at radius 3 is 1.56 bits per heavy atom. The summed E-state index contributed by atoms with van der Waals surface area (Å²) in [5.41, 5.74) is 13.1. The van der Waals surface area contributed by atoms with Gasteiger partial charge in [-0.3, -0.25) is 0 Å². The van der Waals surface area contributed by atoms with Crippen molar-refractivity contribution in [1.82, 2.24) is 0 Å². The first-order valence-electron chi connectivity index (χ1n) is 20.1. The molecule has 12 rings (SSSR count). The lowest BCUT2D eigenvalue weighted by Crippen LogP contribution is -2.33. The smallest absolute Gasteiger partial charge is 0.132 e. The lowest BCUT2D eigenvalue weighted by atomic mass is 9.65. The number of anilines is 6. The Kier molecular flexibility index (Phi) is 7.62. The van der Waals surface area contributed by atoms with Crippen LogP contribution in [-0.4, -0.2) is 0 Å². The number of benzene rings is 9. The second-order valence-electron chi connectivity index (χ2n) is 15.2. The molecule has 0 unspecified atom stereocenters. The number of rotatable bonds is 6. The molecule has 0 radical (unpaired) electrons. The summed E-state index contributed by atoms with van der Waals surface area (Å²) < 4.78 is 9.30. The van der Waals surface area contributed by atoms with Crippen molar-refractivity contribution >= 4 is 65.6 Å². The molecule has 2 aliphatic rings. The maximum absolute atomic E-state index is 6.79. The number of fused-ring (bicyclic) bond motifs is 12. The average Bonchev–Trinajstić information content (AvgIpc) is 3.83. The summed E-state index contributed by atoms with van der Waals surface area (Å²) in [4.78, 5) is 4.94. The van der Waals surface area contributed by atoms with E-state index in [1.54, 1.807) is 0 Å². The summed E-state index contributed by atoms with van der Waals surface area (Å²) >= 11 is 1.86. The Bertz CT molecular complexity index is 3140. The van der Waals surface area contributed by atoms with Crippen LogP contribution in [0.5, 0.6) is 11.5 Å². The molecule has 0 atom stereocenters. The van der Waals surface area contributed by atoms with Crippen molar-refractivity contribution in [2.24, 2.45) is 0 Å². The minimum absolute atomic E-state index is 0.673. The highest BCUT2D eigenvalue weighted by molar-refractivity contribution is 7.26. The number of hydrogen-bond donors (Lipinski definition) is 0. The van der Waals surface area contributed by atoms with E-state index in [0.717, 1.165) is 56.8 Å². The highest BCUT2D eigenvalue weighted by Gasteiger charge is 2.53. The van der Waals surface area contributed by atoms with Gasteiger partial charge in [0.1, 0.15) is 11.5 Å². The molecule has 1 aliphatic carbocycles. The van der Waals surface area contributed by atoms with E-state index in [2.05, 4.69) is 228 Å². The first-order valence-corrected chi connectivity index (χ1v) is 20.9. The number of para-hydroxylation sites is 6. The molecular weight excluding hydrogens is 737 g/mol. The van der Waals surface area contributed by atoms with Crippen LogP contribution in [0, 0.1) is 0 Å². The molecule has 0 fully saturated rings. The number of nitrogens with zero attached hydrogens (tertiary/aromatic N) is 2. The van der Waals surface area contributed by atoms with Gasteiger partial charge in [0.15, 0.2) is 0 Å². The van der Waals surface area contributed by atoms with Gasteiger partial charge in [0.25, 0.3) is 0 Å². The maximum atomic E-state index is 6.79. The van der Waals surface area contributed by atoms with Gasteiger partial charge in [0.2, 0.25) is 0 Å². The molecular formula is C55H36N2OS. The standard InChI is InChI=1S/C55H36N2OS/c1-3-19-37(20-4-1)56(38-21-5-2-6-22-38)46-30-12-13-31-47(46)57(49-33-18-26-42-40-24-8-16-36-52(40)59-54(42)49)48-32-17-25-41-39-23-7-9-27-43(39)55(53(41)48)44-28-10-14-34-50(44)58-51-35-15-11-29-45(51)55/h1-36H. The van der Waals surface area contributed by atoms with Gasteiger partial charge in [-0.15, -0.1) is 11.3 Å². The fourth-order valence-corrected chi connectivity index (χ4v) is 11.0. The predicted molar refractivity (Wildman–Crippen MR) is 246 cm³/mol. The molecule has 59 heavy (non-hydrogen) atoms. The van der Waals surface area contributed by atoms with Gasteiger partial charge in [-0.2, -0.15) is 0 Å². The third kappa shape index (κ3) is 4.94. The zero-order valence-corrected chi connectivity index (χ0v) is 32.8. The van der Waals surface area contributed by atoms with Crippen LogP contribution < -0.4 is 14.5 Å². The van der Waals surface area contributed by atoms with Gasteiger partial charge in [-0.25, -0.2) is 0 Å². The van der Waals surface area contributed by atoms with E-state index in [0.29, 0.717) is 0 Å². The van der Waals surface area contributed by atoms with Crippen molar-refractivity contribution < 1.29 is 4.74 Å². The SMILES string of the molecule is c1ccc(N(c2ccccc2)c2ccccc2N(c2cccc3c2C2(c4ccccc4Oc4ccccc42)c2ccccc2-3)c2cccc3c2sc2ccccc23)cc1. The average molecular weight is 773 g/mol. The first kappa shape index (κ1) is 33.7. The van der Waals surface area contributed by atoms with Crippen LogP contribution in [0.3, 0.4) is 0 Å². The second kappa shape index (κ2) is 13.3. The van der Waals surface area contributed by atoms with Gasteiger partial charge < -0.3 is 14.5 Å². The molecule has 2 heterocycles. The van der Waals surface area contributed by atoms with Crippen molar-refractivity contribution in [3.8, 4) is 22.6 Å². The summed E-state index contributed by atoms with van der Waals surface area (Å²) in [6.07, 6.45) is 0. The normalized spacial score (nSPS) is 13.0. The van der Waals surface area contributed by atoms with Crippen LogP contribution in [0.4, 0.5) is 34.1 Å². The lowest BCUT2D eigenvalue weighted by molar-refractivity contribution is 0.436. The minimum atomic E-state index is -0.673. The van der Waals surface area contributed by atoms with Crippen LogP contribution in [0.1, 0.15) is 22.3 Å². The van der Waals surface area contributed by atoms with Crippen molar-refractivity contribution in [3.05, 3.63) is 241 Å². The van der Waals surface area contributed by atoms with Crippen LogP contribution in [0.15, 0.2) is 218 Å². The third-order valence-electron chi connectivity index (χ3n) is 12.1. The van der Waals surface area contributed by atoms with E-state index < -0.39 is 5.41 Å². The largest absolute Gasteiger partial charge is 0.457 e. The van der Waals surface area contributed by atoms with Crippen molar-refractivity contribution in [3.63, 3.8) is 0 Å². The van der Waals surface area contributed by atoms with E-state index in [9.17, 15) is 0 Å². The number of hydrogen-bond acceptors (Lipinski definition) is 4. The number of thiophene rings is 1. The molecule has 10 aromatic rings. The highest BCUT2D eigenvalue weighted by Crippen LogP contribution is 2.65.